The number of pyridine rings is 1. The van der Waals surface area contributed by atoms with Gasteiger partial charge in [-0.25, -0.2) is 23.1 Å². The second-order valence-corrected chi connectivity index (χ2v) is 9.85. The molecule has 198 valence electrons. The van der Waals surface area contributed by atoms with Crippen LogP contribution in [0.1, 0.15) is 67.6 Å². The largest absolute Gasteiger partial charge is 0.385 e. The molecule has 0 saturated heterocycles. The molecule has 0 aliphatic heterocycles. The van der Waals surface area contributed by atoms with Crippen LogP contribution in [0.25, 0.3) is 11.0 Å². The number of amides is 1. The molecule has 11 heteroatoms. The van der Waals surface area contributed by atoms with Crippen LogP contribution in [0.5, 0.6) is 0 Å². The third-order valence-electron chi connectivity index (χ3n) is 7.04. The van der Waals surface area contributed by atoms with E-state index >= 15 is 0 Å². The highest BCUT2D eigenvalue weighted by Crippen LogP contribution is 2.40. The Balaban J connectivity index is 1.70. The first-order valence-corrected chi connectivity index (χ1v) is 12.1. The topological polar surface area (TPSA) is 111 Å². The minimum atomic E-state index is -2.95. The average molecular weight is 518 g/mol. The fourth-order valence-corrected chi connectivity index (χ4v) is 4.98. The van der Waals surface area contributed by atoms with Crippen molar-refractivity contribution >= 4 is 22.8 Å². The predicted octanol–water partition coefficient (Wildman–Crippen LogP) is 4.34. The maximum Gasteiger partial charge on any atom is 0.266 e. The minimum absolute atomic E-state index is 0.0121. The molecule has 1 saturated carbocycles. The zero-order valence-corrected chi connectivity index (χ0v) is 21.1. The predicted molar refractivity (Wildman–Crippen MR) is 133 cm³/mol. The number of aromatic nitrogens is 3. The van der Waals surface area contributed by atoms with Gasteiger partial charge in [-0.15, -0.1) is 0 Å². The van der Waals surface area contributed by atoms with Gasteiger partial charge in [0.2, 0.25) is 5.91 Å². The number of benzene rings is 1. The van der Waals surface area contributed by atoms with E-state index < -0.39 is 35.0 Å². The van der Waals surface area contributed by atoms with Crippen molar-refractivity contribution in [3.05, 3.63) is 63.0 Å². The summed E-state index contributed by atoms with van der Waals surface area (Å²) in [5.74, 6) is -0.650. The molecule has 1 aromatic carbocycles. The number of hydrogen-bond donors (Lipinski definition) is 3. The maximum absolute atomic E-state index is 14.8. The van der Waals surface area contributed by atoms with Gasteiger partial charge in [0.05, 0.1) is 22.6 Å². The van der Waals surface area contributed by atoms with Crippen molar-refractivity contribution in [1.29, 1.82) is 0 Å². The van der Waals surface area contributed by atoms with E-state index in [4.69, 9.17) is 0 Å². The zero-order chi connectivity index (χ0) is 27.1. The number of rotatable bonds is 6. The van der Waals surface area contributed by atoms with Crippen LogP contribution < -0.4 is 10.9 Å². The molecule has 0 bridgehead atoms. The highest BCUT2D eigenvalue weighted by Gasteiger charge is 2.39. The molecule has 0 spiro atoms. The average Bonchev–Trinajstić information content (AvgIpc) is 2.83. The van der Waals surface area contributed by atoms with Crippen LogP contribution in [0.2, 0.25) is 0 Å². The number of nitrogens with one attached hydrogen (secondary N) is 2. The van der Waals surface area contributed by atoms with Crippen LogP contribution in [0.4, 0.5) is 19.0 Å². The molecular weight excluding hydrogens is 487 g/mol. The SMILES string of the molecule is Cc1nc(N[C@H](C)c2cccc(C(F)F)c2F)c2cc([C@]3(O)CC[C@@H](C(=O)N(C)C)CC3)c(=O)[nH]c2n1. The van der Waals surface area contributed by atoms with E-state index in [9.17, 15) is 27.9 Å². The van der Waals surface area contributed by atoms with Gasteiger partial charge in [0.15, 0.2) is 0 Å². The first kappa shape index (κ1) is 26.6. The molecule has 3 aromatic rings. The second-order valence-electron chi connectivity index (χ2n) is 9.85. The summed E-state index contributed by atoms with van der Waals surface area (Å²) < 4.78 is 41.2. The molecule has 0 unspecified atom stereocenters. The van der Waals surface area contributed by atoms with Crippen molar-refractivity contribution < 1.29 is 23.1 Å². The van der Waals surface area contributed by atoms with E-state index in [-0.39, 0.29) is 47.3 Å². The van der Waals surface area contributed by atoms with Crippen molar-refractivity contribution in [3.63, 3.8) is 0 Å². The summed E-state index contributed by atoms with van der Waals surface area (Å²) in [6.45, 7) is 3.23. The third-order valence-corrected chi connectivity index (χ3v) is 7.04. The molecule has 2 aromatic heterocycles. The van der Waals surface area contributed by atoms with E-state index in [0.29, 0.717) is 24.1 Å². The smallest absolute Gasteiger partial charge is 0.266 e. The van der Waals surface area contributed by atoms with Gasteiger partial charge in [0, 0.05) is 31.1 Å². The Labute approximate surface area is 211 Å². The summed E-state index contributed by atoms with van der Waals surface area (Å²) in [6.07, 6.45) is -1.65. The molecule has 8 nitrogen and oxygen atoms in total. The number of carbonyl (C=O) groups excluding carboxylic acids is 1. The van der Waals surface area contributed by atoms with Gasteiger partial charge >= 0.3 is 0 Å². The normalized spacial score (nSPS) is 20.7. The second kappa shape index (κ2) is 10.1. The fraction of sp³-hybridized carbons (Fsp3) is 0.462. The minimum Gasteiger partial charge on any atom is -0.385 e. The number of anilines is 1. The van der Waals surface area contributed by atoms with Crippen molar-refractivity contribution in [1.82, 2.24) is 19.9 Å². The summed E-state index contributed by atoms with van der Waals surface area (Å²) >= 11 is 0. The molecule has 37 heavy (non-hydrogen) atoms. The van der Waals surface area contributed by atoms with Gasteiger partial charge in [-0.05, 0) is 45.6 Å². The summed E-state index contributed by atoms with van der Waals surface area (Å²) in [5.41, 5.74) is -2.25. The third kappa shape index (κ3) is 5.18. The van der Waals surface area contributed by atoms with E-state index in [2.05, 4.69) is 20.3 Å². The first-order chi connectivity index (χ1) is 17.4. The highest BCUT2D eigenvalue weighted by atomic mass is 19.3. The van der Waals surface area contributed by atoms with Gasteiger partial charge in [0.1, 0.15) is 23.1 Å². The number of halogens is 3. The summed E-state index contributed by atoms with van der Waals surface area (Å²) in [5, 5.41) is 14.9. The standard InChI is InChI=1S/C26H30F3N5O3/c1-13(16-6-5-7-17(20(16)27)21(28)29)30-22-18-12-19(24(35)33-23(18)32-14(2)31-22)26(37)10-8-15(9-11-26)25(36)34(3)4/h5-7,12-13,15,21,37H,8-11H2,1-4H3,(H2,30,31,32,33,35)/t13-,15-,26+/m1/s1. The molecule has 1 aliphatic carbocycles. The van der Waals surface area contributed by atoms with Gasteiger partial charge in [-0.3, -0.25) is 9.59 Å². The molecule has 3 N–H and O–H groups in total. The van der Waals surface area contributed by atoms with Crippen LogP contribution >= 0.6 is 0 Å². The van der Waals surface area contributed by atoms with Crippen LogP contribution in [-0.4, -0.2) is 45.0 Å². The Morgan fingerprint density at radius 3 is 2.49 bits per heavy atom. The first-order valence-electron chi connectivity index (χ1n) is 12.1. The zero-order valence-electron chi connectivity index (χ0n) is 21.1. The Bertz CT molecular complexity index is 1380. The summed E-state index contributed by atoms with van der Waals surface area (Å²) in [7, 11) is 3.37. The van der Waals surface area contributed by atoms with Crippen LogP contribution in [-0.2, 0) is 10.4 Å². The molecule has 1 amide bonds. The van der Waals surface area contributed by atoms with Crippen molar-refractivity contribution in [3.8, 4) is 0 Å². The van der Waals surface area contributed by atoms with E-state index in [1.165, 1.54) is 23.1 Å². The molecule has 4 rings (SSSR count). The summed E-state index contributed by atoms with van der Waals surface area (Å²) in [6, 6.07) is 4.59. The number of nitrogens with zero attached hydrogens (tertiary/aromatic N) is 3. The van der Waals surface area contributed by atoms with E-state index in [1.54, 1.807) is 27.9 Å². The van der Waals surface area contributed by atoms with Crippen molar-refractivity contribution in [2.24, 2.45) is 5.92 Å². The number of H-pyrrole nitrogens is 1. The number of hydrogen-bond acceptors (Lipinski definition) is 6. The lowest BCUT2D eigenvalue weighted by Crippen LogP contribution is -2.40. The van der Waals surface area contributed by atoms with E-state index in [0.717, 1.165) is 6.07 Å². The maximum atomic E-state index is 14.8. The van der Waals surface area contributed by atoms with Crippen LogP contribution in [0.15, 0.2) is 29.1 Å². The van der Waals surface area contributed by atoms with Gasteiger partial charge in [0.25, 0.3) is 12.0 Å². The van der Waals surface area contributed by atoms with Crippen LogP contribution in [0, 0.1) is 18.7 Å². The quantitative estimate of drug-likeness (QED) is 0.449. The Morgan fingerprint density at radius 2 is 1.86 bits per heavy atom. The Morgan fingerprint density at radius 1 is 1.22 bits per heavy atom. The number of alkyl halides is 2. The van der Waals surface area contributed by atoms with Crippen molar-refractivity contribution in [2.45, 2.75) is 57.6 Å². The van der Waals surface area contributed by atoms with E-state index in [1.807, 2.05) is 0 Å². The number of carbonyl (C=O) groups is 1. The van der Waals surface area contributed by atoms with Crippen LogP contribution in [0.3, 0.4) is 0 Å². The lowest BCUT2D eigenvalue weighted by atomic mass is 9.75. The molecular formula is C26H30F3N5O3. The number of fused-ring (bicyclic) bond motifs is 1. The Hall–Kier alpha value is -3.47. The highest BCUT2D eigenvalue weighted by molar-refractivity contribution is 5.87. The summed E-state index contributed by atoms with van der Waals surface area (Å²) in [4.78, 5) is 38.2. The molecule has 1 aliphatic rings. The molecule has 1 fully saturated rings. The fourth-order valence-electron chi connectivity index (χ4n) is 4.98. The van der Waals surface area contributed by atoms with Gasteiger partial charge < -0.3 is 20.3 Å². The molecule has 0 radical (unpaired) electrons. The molecule has 2 heterocycles. The Kier molecular flexibility index (Phi) is 7.27. The number of aliphatic hydroxyl groups is 1. The number of aryl methyl sites for hydroxylation is 1. The van der Waals surface area contributed by atoms with Gasteiger partial charge in [-0.1, -0.05) is 18.2 Å². The molecule has 1 atom stereocenters. The van der Waals surface area contributed by atoms with Gasteiger partial charge in [-0.2, -0.15) is 0 Å². The lowest BCUT2D eigenvalue weighted by Gasteiger charge is -2.36. The van der Waals surface area contributed by atoms with Crippen molar-refractivity contribution in [2.75, 3.05) is 19.4 Å². The monoisotopic (exact) mass is 517 g/mol. The lowest BCUT2D eigenvalue weighted by molar-refractivity contribution is -0.136. The number of aromatic amines is 1.